The highest BCUT2D eigenvalue weighted by atomic mass is 28.3. The van der Waals surface area contributed by atoms with Crippen LogP contribution in [0.25, 0.3) is 0 Å². The van der Waals surface area contributed by atoms with Gasteiger partial charge in [-0.2, -0.15) is 0 Å². The van der Waals surface area contributed by atoms with Gasteiger partial charge in [0.15, 0.2) is 0 Å². The molecule has 0 unspecified atom stereocenters. The second-order valence-electron chi connectivity index (χ2n) is 1.62. The molecule has 0 aromatic carbocycles. The Balaban J connectivity index is 3.50. The van der Waals surface area contributed by atoms with E-state index in [0.29, 0.717) is 13.2 Å². The van der Waals surface area contributed by atoms with Crippen molar-refractivity contribution in [2.75, 3.05) is 13.2 Å². The van der Waals surface area contributed by atoms with Crippen LogP contribution in [0.2, 0.25) is 0 Å². The summed E-state index contributed by atoms with van der Waals surface area (Å²) in [5.41, 5.74) is 1.59. The second-order valence-corrected chi connectivity index (χ2v) is 3.41. The van der Waals surface area contributed by atoms with Crippen LogP contribution in [0, 0.1) is 0 Å². The number of aliphatic hydroxyl groups excluding tert-OH is 1. The van der Waals surface area contributed by atoms with E-state index in [0.717, 1.165) is 6.26 Å². The predicted octanol–water partition coefficient (Wildman–Crippen LogP) is 0.891. The summed E-state index contributed by atoms with van der Waals surface area (Å²) < 4.78 is 10.4. The molecule has 0 fully saturated rings. The van der Waals surface area contributed by atoms with Crippen LogP contribution in [0.4, 0.5) is 0 Å². The Morgan fingerprint density at radius 2 is 1.80 bits per heavy atom. The minimum absolute atomic E-state index is 0.640. The molecule has 0 atom stereocenters. The van der Waals surface area contributed by atoms with Crippen LogP contribution < -0.4 is 0 Å². The number of hydrogen-bond acceptors (Lipinski definition) is 3. The van der Waals surface area contributed by atoms with Crippen molar-refractivity contribution >= 4 is 9.28 Å². The predicted molar refractivity (Wildman–Crippen MR) is 42.2 cm³/mol. The van der Waals surface area contributed by atoms with Crippen molar-refractivity contribution in [2.45, 2.75) is 13.8 Å². The fourth-order valence-electron chi connectivity index (χ4n) is 0.558. The highest BCUT2D eigenvalue weighted by Gasteiger charge is 2.05. The quantitative estimate of drug-likeness (QED) is 0.482. The lowest BCUT2D eigenvalue weighted by Crippen LogP contribution is -2.20. The SMILES string of the molecule is CCO[SiH](C=CO)OCC. The molecule has 0 aliphatic rings. The number of hydrogen-bond donors (Lipinski definition) is 1. The van der Waals surface area contributed by atoms with E-state index in [1.54, 1.807) is 5.70 Å². The zero-order valence-electron chi connectivity index (χ0n) is 6.41. The highest BCUT2D eigenvalue weighted by Crippen LogP contribution is 1.90. The van der Waals surface area contributed by atoms with E-state index in [-0.39, 0.29) is 0 Å². The molecule has 1 N–H and O–H groups in total. The van der Waals surface area contributed by atoms with E-state index in [9.17, 15) is 0 Å². The lowest BCUT2D eigenvalue weighted by Gasteiger charge is -2.08. The van der Waals surface area contributed by atoms with Gasteiger partial charge in [-0.05, 0) is 19.5 Å². The average Bonchev–Trinajstić information content (AvgIpc) is 1.90. The summed E-state index contributed by atoms with van der Waals surface area (Å²) in [6.45, 7) is 5.09. The standard InChI is InChI=1S/C6H14O3Si/c1-3-8-10(6-5-7)9-4-2/h5-7,10H,3-4H2,1-2H3. The van der Waals surface area contributed by atoms with Crippen LogP contribution in [0.15, 0.2) is 12.0 Å². The maximum Gasteiger partial charge on any atom is 0.351 e. The molecule has 3 nitrogen and oxygen atoms in total. The van der Waals surface area contributed by atoms with Gasteiger partial charge in [0.1, 0.15) is 0 Å². The maximum atomic E-state index is 8.38. The molecular weight excluding hydrogens is 148 g/mol. The lowest BCUT2D eigenvalue weighted by atomic mass is 10.9. The molecule has 4 heteroatoms. The molecular formula is C6H14O3Si. The Morgan fingerprint density at radius 1 is 1.30 bits per heavy atom. The lowest BCUT2D eigenvalue weighted by molar-refractivity contribution is 0.223. The van der Waals surface area contributed by atoms with Crippen LogP contribution in [0.3, 0.4) is 0 Å². The molecule has 10 heavy (non-hydrogen) atoms. The Morgan fingerprint density at radius 3 is 2.10 bits per heavy atom. The summed E-state index contributed by atoms with van der Waals surface area (Å²) in [6.07, 6.45) is 0.988. The molecule has 0 rings (SSSR count). The first-order valence-corrected chi connectivity index (χ1v) is 5.00. The van der Waals surface area contributed by atoms with Crippen molar-refractivity contribution in [1.82, 2.24) is 0 Å². The summed E-state index contributed by atoms with van der Waals surface area (Å²) in [4.78, 5) is 0. The van der Waals surface area contributed by atoms with Crippen LogP contribution in [0.1, 0.15) is 13.8 Å². The van der Waals surface area contributed by atoms with Gasteiger partial charge >= 0.3 is 9.28 Å². The minimum atomic E-state index is -1.66. The van der Waals surface area contributed by atoms with Crippen molar-refractivity contribution in [3.05, 3.63) is 12.0 Å². The Kier molecular flexibility index (Phi) is 6.57. The fraction of sp³-hybridized carbons (Fsp3) is 0.667. The van der Waals surface area contributed by atoms with Gasteiger partial charge in [-0.15, -0.1) is 0 Å². The molecule has 0 aromatic heterocycles. The summed E-state index contributed by atoms with van der Waals surface area (Å²) in [6, 6.07) is 0. The minimum Gasteiger partial charge on any atom is -0.516 e. The van der Waals surface area contributed by atoms with E-state index in [1.165, 1.54) is 0 Å². The van der Waals surface area contributed by atoms with Gasteiger partial charge in [-0.3, -0.25) is 0 Å². The van der Waals surface area contributed by atoms with Crippen LogP contribution in [-0.4, -0.2) is 27.6 Å². The summed E-state index contributed by atoms with van der Waals surface area (Å²) in [5, 5.41) is 8.38. The fourth-order valence-corrected chi connectivity index (χ4v) is 1.67. The first-order chi connectivity index (χ1) is 4.85. The van der Waals surface area contributed by atoms with Crippen molar-refractivity contribution in [3.8, 4) is 0 Å². The molecule has 0 saturated heterocycles. The third-order valence-electron chi connectivity index (χ3n) is 0.905. The van der Waals surface area contributed by atoms with Gasteiger partial charge in [0.2, 0.25) is 0 Å². The van der Waals surface area contributed by atoms with Gasteiger partial charge in [-0.1, -0.05) is 0 Å². The van der Waals surface area contributed by atoms with Gasteiger partial charge in [0.25, 0.3) is 0 Å². The Hall–Kier alpha value is -0.323. The normalized spacial score (nSPS) is 11.5. The summed E-state index contributed by atoms with van der Waals surface area (Å²) >= 11 is 0. The van der Waals surface area contributed by atoms with Gasteiger partial charge < -0.3 is 14.0 Å². The first-order valence-electron chi connectivity index (χ1n) is 3.39. The third-order valence-corrected chi connectivity index (χ3v) is 2.72. The zero-order valence-corrected chi connectivity index (χ0v) is 7.56. The third kappa shape index (κ3) is 4.55. The number of rotatable bonds is 5. The van der Waals surface area contributed by atoms with Crippen LogP contribution in [0.5, 0.6) is 0 Å². The molecule has 0 aliphatic heterocycles. The second kappa shape index (κ2) is 6.79. The number of aliphatic hydroxyl groups is 1. The van der Waals surface area contributed by atoms with Crippen molar-refractivity contribution < 1.29 is 14.0 Å². The van der Waals surface area contributed by atoms with E-state index in [4.69, 9.17) is 14.0 Å². The monoisotopic (exact) mass is 162 g/mol. The molecule has 0 aromatic rings. The molecule has 60 valence electrons. The molecule has 0 bridgehead atoms. The van der Waals surface area contributed by atoms with Crippen LogP contribution >= 0.6 is 0 Å². The summed E-state index contributed by atoms with van der Waals surface area (Å²) in [7, 11) is -1.66. The molecule has 0 aliphatic carbocycles. The van der Waals surface area contributed by atoms with Crippen molar-refractivity contribution in [2.24, 2.45) is 0 Å². The molecule has 0 heterocycles. The van der Waals surface area contributed by atoms with Crippen molar-refractivity contribution in [1.29, 1.82) is 0 Å². The van der Waals surface area contributed by atoms with Gasteiger partial charge in [0.05, 0.1) is 6.26 Å². The molecule has 0 saturated carbocycles. The van der Waals surface area contributed by atoms with E-state index < -0.39 is 9.28 Å². The smallest absolute Gasteiger partial charge is 0.351 e. The van der Waals surface area contributed by atoms with E-state index in [1.807, 2.05) is 13.8 Å². The zero-order chi connectivity index (χ0) is 7.82. The highest BCUT2D eigenvalue weighted by molar-refractivity contribution is 6.50. The van der Waals surface area contributed by atoms with E-state index in [2.05, 4.69) is 0 Å². The molecule has 0 radical (unpaired) electrons. The topological polar surface area (TPSA) is 38.7 Å². The first kappa shape index (κ1) is 9.68. The van der Waals surface area contributed by atoms with Gasteiger partial charge in [0, 0.05) is 13.2 Å². The van der Waals surface area contributed by atoms with Crippen molar-refractivity contribution in [3.63, 3.8) is 0 Å². The Bertz CT molecular complexity index is 89.0. The van der Waals surface area contributed by atoms with E-state index >= 15 is 0 Å². The average molecular weight is 162 g/mol. The Labute approximate surface area is 63.1 Å². The molecule has 0 spiro atoms. The summed E-state index contributed by atoms with van der Waals surface area (Å²) in [5.74, 6) is 0. The van der Waals surface area contributed by atoms with Crippen LogP contribution in [-0.2, 0) is 8.85 Å². The largest absolute Gasteiger partial charge is 0.516 e. The van der Waals surface area contributed by atoms with Gasteiger partial charge in [-0.25, -0.2) is 0 Å². The maximum absolute atomic E-state index is 8.38. The molecule has 0 amide bonds.